The fraction of sp³-hybridized carbons (Fsp3) is 0.462. The Morgan fingerprint density at radius 2 is 1.80 bits per heavy atom. The summed E-state index contributed by atoms with van der Waals surface area (Å²) in [5.74, 6) is 0.682. The molecule has 0 spiro atoms. The van der Waals surface area contributed by atoms with Gasteiger partial charge in [-0.1, -0.05) is 26.0 Å². The molecule has 0 radical (unpaired) electrons. The fourth-order valence-corrected chi connectivity index (χ4v) is 1.49. The molecule has 1 aromatic carbocycles. The second-order valence-electron chi connectivity index (χ2n) is 4.29. The van der Waals surface area contributed by atoms with Gasteiger partial charge < -0.3 is 5.32 Å². The SMILES string of the molecule is CC(C)Cc1ccc(NC(C)C#N)cc1. The van der Waals surface area contributed by atoms with Crippen molar-refractivity contribution >= 4 is 5.69 Å². The molecule has 0 fully saturated rings. The Labute approximate surface area is 91.9 Å². The smallest absolute Gasteiger partial charge is 0.111 e. The van der Waals surface area contributed by atoms with E-state index in [1.165, 1.54) is 5.56 Å². The van der Waals surface area contributed by atoms with Gasteiger partial charge in [-0.15, -0.1) is 0 Å². The third kappa shape index (κ3) is 4.03. The van der Waals surface area contributed by atoms with Crippen molar-refractivity contribution in [2.75, 3.05) is 5.32 Å². The van der Waals surface area contributed by atoms with Crippen LogP contribution in [0.5, 0.6) is 0 Å². The first-order valence-electron chi connectivity index (χ1n) is 5.37. The molecule has 80 valence electrons. The first-order chi connectivity index (χ1) is 7.11. The number of hydrogen-bond donors (Lipinski definition) is 1. The van der Waals surface area contributed by atoms with Crippen LogP contribution in [0.3, 0.4) is 0 Å². The van der Waals surface area contributed by atoms with Crippen LogP contribution in [0.4, 0.5) is 5.69 Å². The largest absolute Gasteiger partial charge is 0.370 e. The summed E-state index contributed by atoms with van der Waals surface area (Å²) in [7, 11) is 0. The zero-order chi connectivity index (χ0) is 11.3. The molecule has 0 aliphatic carbocycles. The molecule has 1 atom stereocenters. The van der Waals surface area contributed by atoms with E-state index >= 15 is 0 Å². The lowest BCUT2D eigenvalue weighted by Gasteiger charge is -2.09. The summed E-state index contributed by atoms with van der Waals surface area (Å²) in [6.45, 7) is 6.27. The van der Waals surface area contributed by atoms with Crippen molar-refractivity contribution in [3.8, 4) is 6.07 Å². The second-order valence-corrected chi connectivity index (χ2v) is 4.29. The highest BCUT2D eigenvalue weighted by atomic mass is 14.9. The van der Waals surface area contributed by atoms with Gasteiger partial charge >= 0.3 is 0 Å². The van der Waals surface area contributed by atoms with Gasteiger partial charge in [-0.05, 0) is 37.0 Å². The van der Waals surface area contributed by atoms with E-state index in [1.54, 1.807) is 0 Å². The molecule has 2 heteroatoms. The Morgan fingerprint density at radius 1 is 1.20 bits per heavy atom. The molecule has 1 aromatic rings. The molecule has 0 aliphatic rings. The van der Waals surface area contributed by atoms with Crippen molar-refractivity contribution < 1.29 is 0 Å². The van der Waals surface area contributed by atoms with Crippen LogP contribution in [0.2, 0.25) is 0 Å². The van der Waals surface area contributed by atoms with E-state index in [0.29, 0.717) is 5.92 Å². The number of hydrogen-bond acceptors (Lipinski definition) is 2. The molecule has 1 rings (SSSR count). The van der Waals surface area contributed by atoms with Gasteiger partial charge in [-0.2, -0.15) is 5.26 Å². The van der Waals surface area contributed by atoms with E-state index < -0.39 is 0 Å². The molecule has 0 saturated heterocycles. The Kier molecular flexibility index (Phi) is 4.17. The summed E-state index contributed by atoms with van der Waals surface area (Å²) in [5, 5.41) is 11.8. The minimum atomic E-state index is -0.138. The van der Waals surface area contributed by atoms with Crippen molar-refractivity contribution in [3.05, 3.63) is 29.8 Å². The molecule has 1 N–H and O–H groups in total. The van der Waals surface area contributed by atoms with Crippen LogP contribution in [0.25, 0.3) is 0 Å². The molecule has 1 unspecified atom stereocenters. The standard InChI is InChI=1S/C13H18N2/c1-10(2)8-12-4-6-13(7-5-12)15-11(3)9-14/h4-7,10-11,15H,8H2,1-3H3. The number of anilines is 1. The van der Waals surface area contributed by atoms with E-state index in [0.717, 1.165) is 12.1 Å². The van der Waals surface area contributed by atoms with Crippen LogP contribution in [0, 0.1) is 17.2 Å². The van der Waals surface area contributed by atoms with Crippen molar-refractivity contribution in [1.82, 2.24) is 0 Å². The maximum Gasteiger partial charge on any atom is 0.111 e. The molecule has 0 heterocycles. The third-order valence-corrected chi connectivity index (χ3v) is 2.17. The highest BCUT2D eigenvalue weighted by Crippen LogP contribution is 2.13. The summed E-state index contributed by atoms with van der Waals surface area (Å²) < 4.78 is 0. The average Bonchev–Trinajstić information content (AvgIpc) is 2.20. The first-order valence-corrected chi connectivity index (χ1v) is 5.37. The van der Waals surface area contributed by atoms with Crippen molar-refractivity contribution in [2.24, 2.45) is 5.92 Å². The van der Waals surface area contributed by atoms with Crippen LogP contribution in [-0.4, -0.2) is 6.04 Å². The fourth-order valence-electron chi connectivity index (χ4n) is 1.49. The lowest BCUT2D eigenvalue weighted by Crippen LogP contribution is -2.11. The predicted molar refractivity (Wildman–Crippen MR) is 63.7 cm³/mol. The molecular formula is C13H18N2. The van der Waals surface area contributed by atoms with Gasteiger partial charge in [0.15, 0.2) is 0 Å². The Morgan fingerprint density at radius 3 is 2.27 bits per heavy atom. The monoisotopic (exact) mass is 202 g/mol. The summed E-state index contributed by atoms with van der Waals surface area (Å²) in [6, 6.07) is 10.3. The Hall–Kier alpha value is -1.49. The van der Waals surface area contributed by atoms with Gasteiger partial charge in [-0.25, -0.2) is 0 Å². The van der Waals surface area contributed by atoms with Crippen molar-refractivity contribution in [1.29, 1.82) is 5.26 Å². The van der Waals surface area contributed by atoms with Crippen molar-refractivity contribution in [2.45, 2.75) is 33.2 Å². The topological polar surface area (TPSA) is 35.8 Å². The van der Waals surface area contributed by atoms with Gasteiger partial charge in [0, 0.05) is 5.69 Å². The summed E-state index contributed by atoms with van der Waals surface area (Å²) in [6.07, 6.45) is 1.11. The molecule has 0 saturated carbocycles. The third-order valence-electron chi connectivity index (χ3n) is 2.17. The van der Waals surface area contributed by atoms with Gasteiger partial charge in [0.25, 0.3) is 0 Å². The van der Waals surface area contributed by atoms with Crippen LogP contribution in [-0.2, 0) is 6.42 Å². The highest BCUT2D eigenvalue weighted by molar-refractivity contribution is 5.46. The zero-order valence-corrected chi connectivity index (χ0v) is 9.62. The van der Waals surface area contributed by atoms with E-state index in [-0.39, 0.29) is 6.04 Å². The highest BCUT2D eigenvalue weighted by Gasteiger charge is 2.00. The van der Waals surface area contributed by atoms with Crippen molar-refractivity contribution in [3.63, 3.8) is 0 Å². The maximum atomic E-state index is 8.66. The van der Waals surface area contributed by atoms with Crippen LogP contribution in [0.15, 0.2) is 24.3 Å². The maximum absolute atomic E-state index is 8.66. The summed E-state index contributed by atoms with van der Waals surface area (Å²) in [5.41, 5.74) is 2.36. The molecule has 2 nitrogen and oxygen atoms in total. The predicted octanol–water partition coefficient (Wildman–Crippen LogP) is 3.21. The second kappa shape index (κ2) is 5.41. The first kappa shape index (κ1) is 11.6. The van der Waals surface area contributed by atoms with Gasteiger partial charge in [0.2, 0.25) is 0 Å². The number of nitrogens with zero attached hydrogens (tertiary/aromatic N) is 1. The molecule has 15 heavy (non-hydrogen) atoms. The van der Waals surface area contributed by atoms with Crippen LogP contribution in [0.1, 0.15) is 26.3 Å². The molecule has 0 bridgehead atoms. The Bertz CT molecular complexity index is 333. The zero-order valence-electron chi connectivity index (χ0n) is 9.62. The number of nitrogens with one attached hydrogen (secondary N) is 1. The lowest BCUT2D eigenvalue weighted by atomic mass is 10.0. The summed E-state index contributed by atoms with van der Waals surface area (Å²) >= 11 is 0. The minimum Gasteiger partial charge on any atom is -0.370 e. The van der Waals surface area contributed by atoms with E-state index in [2.05, 4.69) is 37.4 Å². The minimum absolute atomic E-state index is 0.138. The average molecular weight is 202 g/mol. The number of nitriles is 1. The summed E-state index contributed by atoms with van der Waals surface area (Å²) in [4.78, 5) is 0. The number of rotatable bonds is 4. The molecular weight excluding hydrogens is 184 g/mol. The van der Waals surface area contributed by atoms with E-state index in [1.807, 2.05) is 19.1 Å². The van der Waals surface area contributed by atoms with Gasteiger partial charge in [0.1, 0.15) is 6.04 Å². The molecule has 0 aliphatic heterocycles. The molecule has 0 aromatic heterocycles. The van der Waals surface area contributed by atoms with Crippen LogP contribution >= 0.6 is 0 Å². The van der Waals surface area contributed by atoms with E-state index in [9.17, 15) is 0 Å². The Balaban J connectivity index is 2.61. The lowest BCUT2D eigenvalue weighted by molar-refractivity contribution is 0.647. The van der Waals surface area contributed by atoms with Gasteiger partial charge in [-0.3, -0.25) is 0 Å². The number of benzene rings is 1. The normalized spacial score (nSPS) is 12.2. The van der Waals surface area contributed by atoms with Crippen LogP contribution < -0.4 is 5.32 Å². The van der Waals surface area contributed by atoms with E-state index in [4.69, 9.17) is 5.26 Å². The molecule has 0 amide bonds. The quantitative estimate of drug-likeness (QED) is 0.813. The van der Waals surface area contributed by atoms with Gasteiger partial charge in [0.05, 0.1) is 6.07 Å².